The van der Waals surface area contributed by atoms with Crippen LogP contribution in [0, 0.1) is 0 Å². The van der Waals surface area contributed by atoms with Crippen LogP contribution in [0.4, 0.5) is 0 Å². The number of hydrogen-bond donors (Lipinski definition) is 0. The first-order valence-corrected chi connectivity index (χ1v) is 10.3. The van der Waals surface area contributed by atoms with E-state index in [2.05, 4.69) is 0 Å². The molecule has 0 saturated carbocycles. The Balaban J connectivity index is 2.01. The predicted molar refractivity (Wildman–Crippen MR) is 107 cm³/mol. The summed E-state index contributed by atoms with van der Waals surface area (Å²) in [6, 6.07) is 25.5. The Morgan fingerprint density at radius 2 is 1.42 bits per heavy atom. The van der Waals surface area contributed by atoms with Gasteiger partial charge in [-0.15, -0.1) is 0 Å². The maximum atomic E-state index is 12.8. The van der Waals surface area contributed by atoms with E-state index >= 15 is 0 Å². The third-order valence-corrected chi connectivity index (χ3v) is 6.39. The van der Waals surface area contributed by atoms with Crippen LogP contribution in [0.2, 0.25) is 0 Å². The second kappa shape index (κ2) is 8.25. The third kappa shape index (κ3) is 4.56. The molecule has 0 aliphatic heterocycles. The lowest BCUT2D eigenvalue weighted by Gasteiger charge is -2.09. The quantitative estimate of drug-likeness (QED) is 0.546. The zero-order valence-corrected chi connectivity index (χ0v) is 15.8. The lowest BCUT2D eigenvalue weighted by Crippen LogP contribution is -1.97. The van der Waals surface area contributed by atoms with Crippen molar-refractivity contribution in [2.75, 3.05) is 7.11 Å². The number of benzene rings is 3. The first-order chi connectivity index (χ1) is 12.6. The maximum absolute atomic E-state index is 12.8. The van der Waals surface area contributed by atoms with E-state index < -0.39 is 9.84 Å². The van der Waals surface area contributed by atoms with E-state index in [0.29, 0.717) is 4.91 Å². The number of ether oxygens (including phenoxy) is 1. The molecule has 3 aromatic carbocycles. The van der Waals surface area contributed by atoms with Crippen LogP contribution in [0.25, 0.3) is 4.91 Å². The van der Waals surface area contributed by atoms with Crippen LogP contribution in [-0.2, 0) is 9.84 Å². The highest BCUT2D eigenvalue weighted by molar-refractivity contribution is 8.09. The minimum Gasteiger partial charge on any atom is -0.497 e. The van der Waals surface area contributed by atoms with Gasteiger partial charge in [0.1, 0.15) is 5.75 Å². The molecule has 3 aromatic rings. The van der Waals surface area contributed by atoms with Crippen molar-refractivity contribution in [1.29, 1.82) is 0 Å². The van der Waals surface area contributed by atoms with Crippen molar-refractivity contribution in [1.82, 2.24) is 0 Å². The van der Waals surface area contributed by atoms with Crippen LogP contribution in [0.3, 0.4) is 0 Å². The van der Waals surface area contributed by atoms with Gasteiger partial charge in [-0.1, -0.05) is 60.3 Å². The Hall–Kier alpha value is -2.50. The molecule has 26 heavy (non-hydrogen) atoms. The standard InChI is InChI=1S/C21H18O3S2/c1-24-18-12-14-19(15-13-18)25-21(17-8-4-2-5-9-17)16-26(22,23)20-10-6-3-7-11-20/h2-16H,1H3/b21-16-. The summed E-state index contributed by atoms with van der Waals surface area (Å²) in [6.07, 6.45) is 0. The largest absolute Gasteiger partial charge is 0.497 e. The molecule has 0 aliphatic carbocycles. The van der Waals surface area contributed by atoms with E-state index in [1.807, 2.05) is 54.6 Å². The first kappa shape index (κ1) is 18.3. The van der Waals surface area contributed by atoms with Crippen LogP contribution in [-0.4, -0.2) is 15.5 Å². The van der Waals surface area contributed by atoms with Gasteiger partial charge >= 0.3 is 0 Å². The first-order valence-electron chi connectivity index (χ1n) is 7.98. The van der Waals surface area contributed by atoms with Crippen molar-refractivity contribution in [2.24, 2.45) is 0 Å². The lowest BCUT2D eigenvalue weighted by molar-refractivity contribution is 0.414. The Morgan fingerprint density at radius 3 is 2.00 bits per heavy atom. The van der Waals surface area contributed by atoms with Crippen molar-refractivity contribution in [2.45, 2.75) is 9.79 Å². The molecular weight excluding hydrogens is 364 g/mol. The average Bonchev–Trinajstić information content (AvgIpc) is 2.69. The molecular formula is C21H18O3S2. The molecule has 0 saturated heterocycles. The van der Waals surface area contributed by atoms with E-state index in [0.717, 1.165) is 16.2 Å². The highest BCUT2D eigenvalue weighted by Gasteiger charge is 2.14. The summed E-state index contributed by atoms with van der Waals surface area (Å²) in [5.74, 6) is 0.761. The fourth-order valence-corrected chi connectivity index (χ4v) is 4.79. The van der Waals surface area contributed by atoms with Crippen LogP contribution < -0.4 is 4.74 Å². The summed E-state index contributed by atoms with van der Waals surface area (Å²) in [6.45, 7) is 0. The van der Waals surface area contributed by atoms with Gasteiger partial charge in [0.15, 0.2) is 0 Å². The topological polar surface area (TPSA) is 43.4 Å². The summed E-state index contributed by atoms with van der Waals surface area (Å²) in [5, 5.41) is 1.34. The molecule has 5 heteroatoms. The van der Waals surface area contributed by atoms with Crippen molar-refractivity contribution in [3.63, 3.8) is 0 Å². The van der Waals surface area contributed by atoms with Gasteiger partial charge in [0.25, 0.3) is 0 Å². The minimum atomic E-state index is -3.55. The summed E-state index contributed by atoms with van der Waals surface area (Å²) in [7, 11) is -1.93. The Kier molecular flexibility index (Phi) is 5.81. The molecule has 0 N–H and O–H groups in total. The fourth-order valence-electron chi connectivity index (χ4n) is 2.34. The summed E-state index contributed by atoms with van der Waals surface area (Å²) < 4.78 is 30.8. The molecule has 3 rings (SSSR count). The maximum Gasteiger partial charge on any atom is 0.200 e. The Labute approximate surface area is 158 Å². The zero-order valence-electron chi connectivity index (χ0n) is 14.2. The van der Waals surface area contributed by atoms with Gasteiger partial charge in [-0.3, -0.25) is 0 Å². The van der Waals surface area contributed by atoms with Gasteiger partial charge in [-0.2, -0.15) is 0 Å². The Bertz CT molecular complexity index is 978. The monoisotopic (exact) mass is 382 g/mol. The molecule has 0 aliphatic rings. The van der Waals surface area contributed by atoms with Crippen LogP contribution in [0.1, 0.15) is 5.56 Å². The Morgan fingerprint density at radius 1 is 0.846 bits per heavy atom. The van der Waals surface area contributed by atoms with Gasteiger partial charge in [0.2, 0.25) is 9.84 Å². The van der Waals surface area contributed by atoms with Crippen LogP contribution in [0.15, 0.2) is 100 Å². The van der Waals surface area contributed by atoms with Gasteiger partial charge in [0.05, 0.1) is 17.4 Å². The highest BCUT2D eigenvalue weighted by atomic mass is 32.2. The van der Waals surface area contributed by atoms with E-state index in [4.69, 9.17) is 4.74 Å². The molecule has 0 amide bonds. The molecule has 0 fully saturated rings. The third-order valence-electron chi connectivity index (χ3n) is 3.68. The number of hydrogen-bond acceptors (Lipinski definition) is 4. The molecule has 0 spiro atoms. The number of sulfone groups is 1. The SMILES string of the molecule is COc1ccc(S/C(=C\S(=O)(=O)c2ccccc2)c2ccccc2)cc1. The van der Waals surface area contributed by atoms with Gasteiger partial charge in [-0.25, -0.2) is 8.42 Å². The smallest absolute Gasteiger partial charge is 0.200 e. The fraction of sp³-hybridized carbons (Fsp3) is 0.0476. The van der Waals surface area contributed by atoms with E-state index in [1.165, 1.54) is 17.2 Å². The van der Waals surface area contributed by atoms with E-state index in [9.17, 15) is 8.42 Å². The molecule has 0 bridgehead atoms. The summed E-state index contributed by atoms with van der Waals surface area (Å²) >= 11 is 1.41. The molecule has 0 aromatic heterocycles. The molecule has 0 heterocycles. The van der Waals surface area contributed by atoms with Crippen LogP contribution in [0.5, 0.6) is 5.75 Å². The number of thioether (sulfide) groups is 1. The predicted octanol–water partition coefficient (Wildman–Crippen LogP) is 5.26. The van der Waals surface area contributed by atoms with E-state index in [1.54, 1.807) is 37.4 Å². The number of methoxy groups -OCH3 is 1. The van der Waals surface area contributed by atoms with Crippen LogP contribution >= 0.6 is 11.8 Å². The zero-order chi connectivity index (χ0) is 18.4. The highest BCUT2D eigenvalue weighted by Crippen LogP contribution is 2.36. The van der Waals surface area contributed by atoms with Crippen molar-refractivity contribution in [3.05, 3.63) is 95.9 Å². The second-order valence-corrected chi connectivity index (χ2v) is 8.40. The summed E-state index contributed by atoms with van der Waals surface area (Å²) in [5.41, 5.74) is 0.854. The summed E-state index contributed by atoms with van der Waals surface area (Å²) in [4.78, 5) is 1.88. The lowest BCUT2D eigenvalue weighted by atomic mass is 10.2. The average molecular weight is 383 g/mol. The van der Waals surface area contributed by atoms with Crippen molar-refractivity contribution < 1.29 is 13.2 Å². The molecule has 3 nitrogen and oxygen atoms in total. The van der Waals surface area contributed by atoms with Crippen molar-refractivity contribution >= 4 is 26.5 Å². The normalized spacial score (nSPS) is 12.0. The van der Waals surface area contributed by atoms with Gasteiger partial charge < -0.3 is 4.74 Å². The molecule has 0 atom stereocenters. The minimum absolute atomic E-state index is 0.281. The second-order valence-electron chi connectivity index (χ2n) is 5.48. The van der Waals surface area contributed by atoms with Crippen molar-refractivity contribution in [3.8, 4) is 5.75 Å². The van der Waals surface area contributed by atoms with Gasteiger partial charge in [-0.05, 0) is 42.0 Å². The molecule has 0 radical (unpaired) electrons. The number of rotatable bonds is 6. The molecule has 0 unspecified atom stereocenters. The van der Waals surface area contributed by atoms with E-state index in [-0.39, 0.29) is 4.90 Å². The van der Waals surface area contributed by atoms with Gasteiger partial charge in [0, 0.05) is 9.80 Å². The molecule has 132 valence electrons.